The molecule has 0 bridgehead atoms. The van der Waals surface area contributed by atoms with Gasteiger partial charge in [-0.15, -0.1) is 0 Å². The molecule has 1 aliphatic rings. The van der Waals surface area contributed by atoms with E-state index in [9.17, 15) is 58.2 Å². The van der Waals surface area contributed by atoms with Crippen LogP contribution in [0.2, 0.25) is 0 Å². The zero-order valence-electron chi connectivity index (χ0n) is 51.7. The molecule has 9 amide bonds. The van der Waals surface area contributed by atoms with Crippen molar-refractivity contribution in [1.82, 2.24) is 52.3 Å². The van der Waals surface area contributed by atoms with Gasteiger partial charge in [-0.05, 0) is 112 Å². The SMILES string of the molecule is CCCCCC[C@@H](C)C(=O)N1CCC[C@@H]1C(=O)N[C@@H](C[C@H](C)C[C@H](O)CC(=O)CC)C(=O)N[C@@H](C)C(=O)NC(C)(C)C(=O)N[C@H](C(=O)N[C@H](C(=O)NC(C)(C)C(=O)NC(C)(C)C(=O)N[C@H](C)CN(C)CCO)[C@@H](C)CC)[C@@H](C)CC. The summed E-state index contributed by atoms with van der Waals surface area (Å²) in [6.07, 6.45) is 6.01. The molecule has 0 unspecified atom stereocenters. The summed E-state index contributed by atoms with van der Waals surface area (Å²) in [5.41, 5.74) is -4.64. The third kappa shape index (κ3) is 24.1. The monoisotopic (exact) mass is 1130 g/mol. The van der Waals surface area contributed by atoms with Crippen molar-refractivity contribution in [1.29, 1.82) is 0 Å². The van der Waals surface area contributed by atoms with Gasteiger partial charge in [-0.2, -0.15) is 0 Å². The van der Waals surface area contributed by atoms with Crippen LogP contribution in [0, 0.1) is 23.7 Å². The Balaban J connectivity index is 3.27. The number of hydrogen-bond acceptors (Lipinski definition) is 13. The van der Waals surface area contributed by atoms with E-state index in [4.69, 9.17) is 0 Å². The maximum Gasteiger partial charge on any atom is 0.246 e. The second kappa shape index (κ2) is 34.3. The van der Waals surface area contributed by atoms with Crippen LogP contribution in [-0.4, -0.2) is 171 Å². The van der Waals surface area contributed by atoms with Crippen LogP contribution < -0.4 is 42.5 Å². The van der Waals surface area contributed by atoms with Crippen LogP contribution in [0.1, 0.15) is 194 Å². The predicted octanol–water partition coefficient (Wildman–Crippen LogP) is 2.89. The minimum absolute atomic E-state index is 0.0297. The summed E-state index contributed by atoms with van der Waals surface area (Å²) in [4.78, 5) is 141. The van der Waals surface area contributed by atoms with Crippen molar-refractivity contribution in [2.24, 2.45) is 23.7 Å². The van der Waals surface area contributed by atoms with E-state index in [0.29, 0.717) is 51.7 Å². The highest BCUT2D eigenvalue weighted by Crippen LogP contribution is 2.24. The molecule has 11 atom stereocenters. The number of carbonyl (C=O) groups is 10. The number of carbonyl (C=O) groups excluding carboxylic acids is 10. The molecule has 1 fully saturated rings. The molecule has 1 rings (SSSR count). The van der Waals surface area contributed by atoms with Gasteiger partial charge in [0, 0.05) is 44.4 Å². The molecule has 0 aliphatic carbocycles. The highest BCUT2D eigenvalue weighted by molar-refractivity contribution is 6.00. The number of aliphatic hydroxyl groups is 2. The van der Waals surface area contributed by atoms with Crippen LogP contribution in [0.3, 0.4) is 0 Å². The van der Waals surface area contributed by atoms with Gasteiger partial charge < -0.3 is 62.5 Å². The molecule has 80 heavy (non-hydrogen) atoms. The van der Waals surface area contributed by atoms with Crippen LogP contribution >= 0.6 is 0 Å². The number of Topliss-reactive ketones (excluding diaryl/α,β-unsaturated/α-hetero) is 1. The van der Waals surface area contributed by atoms with Crippen molar-refractivity contribution in [3.8, 4) is 0 Å². The molecule has 460 valence electrons. The molecule has 1 heterocycles. The van der Waals surface area contributed by atoms with Gasteiger partial charge in [0.2, 0.25) is 53.2 Å². The lowest BCUT2D eigenvalue weighted by atomic mass is 9.92. The van der Waals surface area contributed by atoms with Gasteiger partial charge in [0.05, 0.1) is 12.7 Å². The van der Waals surface area contributed by atoms with Crippen molar-refractivity contribution in [3.63, 3.8) is 0 Å². The molecule has 0 saturated carbocycles. The Hall–Kier alpha value is -5.22. The molecule has 10 N–H and O–H groups in total. The third-order valence-electron chi connectivity index (χ3n) is 15.3. The average molecular weight is 1140 g/mol. The van der Waals surface area contributed by atoms with Crippen molar-refractivity contribution in [2.45, 2.75) is 253 Å². The number of rotatable bonds is 37. The summed E-state index contributed by atoms with van der Waals surface area (Å²) in [5.74, 6) is -7.10. The number of unbranched alkanes of at least 4 members (excludes halogenated alkanes) is 3. The molecule has 1 aliphatic heterocycles. The molecule has 22 nitrogen and oxygen atoms in total. The summed E-state index contributed by atoms with van der Waals surface area (Å²) >= 11 is 0. The molecule has 0 spiro atoms. The van der Waals surface area contributed by atoms with Crippen LogP contribution in [0.5, 0.6) is 0 Å². The van der Waals surface area contributed by atoms with Gasteiger partial charge in [0.15, 0.2) is 0 Å². The quantitative estimate of drug-likeness (QED) is 0.0401. The van der Waals surface area contributed by atoms with E-state index in [1.54, 1.807) is 46.6 Å². The Morgan fingerprint density at radius 1 is 0.637 bits per heavy atom. The summed E-state index contributed by atoms with van der Waals surface area (Å²) in [5, 5.41) is 42.0. The molecule has 22 heteroatoms. The first-order valence-corrected chi connectivity index (χ1v) is 29.4. The minimum atomic E-state index is -1.67. The van der Waals surface area contributed by atoms with Gasteiger partial charge >= 0.3 is 0 Å². The van der Waals surface area contributed by atoms with Gasteiger partial charge in [-0.25, -0.2) is 0 Å². The summed E-state index contributed by atoms with van der Waals surface area (Å²) in [7, 11) is 1.80. The maximum absolute atomic E-state index is 14.2. The molecule has 0 aromatic carbocycles. The number of amides is 9. The van der Waals surface area contributed by atoms with Gasteiger partial charge in [0.1, 0.15) is 52.6 Å². The number of likely N-dealkylation sites (N-methyl/N-ethyl adjacent to an activating group) is 1. The second-order valence-corrected chi connectivity index (χ2v) is 24.4. The lowest BCUT2D eigenvalue weighted by molar-refractivity contribution is -0.142. The largest absolute Gasteiger partial charge is 0.395 e. The number of ketones is 1. The summed E-state index contributed by atoms with van der Waals surface area (Å²) in [6, 6.07) is -5.96. The van der Waals surface area contributed by atoms with Crippen LogP contribution in [0.25, 0.3) is 0 Å². The smallest absolute Gasteiger partial charge is 0.246 e. The zero-order valence-corrected chi connectivity index (χ0v) is 51.7. The molecule has 0 radical (unpaired) electrons. The normalized spacial score (nSPS) is 17.7. The van der Waals surface area contributed by atoms with Crippen molar-refractivity contribution < 1.29 is 58.2 Å². The highest BCUT2D eigenvalue weighted by atomic mass is 16.3. The molecular formula is C58H106N10O12. The van der Waals surface area contributed by atoms with E-state index < -0.39 is 112 Å². The van der Waals surface area contributed by atoms with Gasteiger partial charge in [-0.1, -0.05) is 93.9 Å². The predicted molar refractivity (Wildman–Crippen MR) is 308 cm³/mol. The number of hydrogen-bond donors (Lipinski definition) is 10. The van der Waals surface area contributed by atoms with Crippen LogP contribution in [0.15, 0.2) is 0 Å². The van der Waals surface area contributed by atoms with Gasteiger partial charge in [0.25, 0.3) is 0 Å². The Labute approximate surface area is 478 Å². The van der Waals surface area contributed by atoms with Crippen LogP contribution in [-0.2, 0) is 47.9 Å². The molecule has 0 aromatic heterocycles. The van der Waals surface area contributed by atoms with Crippen molar-refractivity contribution in [2.75, 3.05) is 33.3 Å². The average Bonchev–Trinajstić information content (AvgIpc) is 3.87. The van der Waals surface area contributed by atoms with E-state index in [1.165, 1.54) is 48.5 Å². The highest BCUT2D eigenvalue weighted by Gasteiger charge is 2.42. The van der Waals surface area contributed by atoms with E-state index in [2.05, 4.69) is 49.5 Å². The van der Waals surface area contributed by atoms with Crippen LogP contribution in [0.4, 0.5) is 0 Å². The Morgan fingerprint density at radius 3 is 1.75 bits per heavy atom. The lowest BCUT2D eigenvalue weighted by Crippen LogP contribution is -2.66. The fourth-order valence-corrected chi connectivity index (χ4v) is 9.48. The lowest BCUT2D eigenvalue weighted by Gasteiger charge is -2.35. The van der Waals surface area contributed by atoms with E-state index >= 15 is 0 Å². The summed E-state index contributed by atoms with van der Waals surface area (Å²) < 4.78 is 0. The van der Waals surface area contributed by atoms with E-state index in [0.717, 1.165) is 25.7 Å². The van der Waals surface area contributed by atoms with Crippen molar-refractivity contribution >= 4 is 58.9 Å². The van der Waals surface area contributed by atoms with E-state index in [-0.39, 0.29) is 61.9 Å². The van der Waals surface area contributed by atoms with E-state index in [1.807, 2.05) is 25.7 Å². The molecule has 0 aromatic rings. The fraction of sp³-hybridized carbons (Fsp3) is 0.828. The maximum atomic E-state index is 14.2. The minimum Gasteiger partial charge on any atom is -0.395 e. The first-order chi connectivity index (χ1) is 37.1. The first kappa shape index (κ1) is 72.8. The van der Waals surface area contributed by atoms with Gasteiger partial charge in [-0.3, -0.25) is 47.9 Å². The number of aliphatic hydroxyl groups excluding tert-OH is 2. The topological polar surface area (TPSA) is 314 Å². The zero-order chi connectivity index (χ0) is 61.5. The number of nitrogens with zero attached hydrogens (tertiary/aromatic N) is 2. The first-order valence-electron chi connectivity index (χ1n) is 29.4. The summed E-state index contributed by atoms with van der Waals surface area (Å²) in [6.45, 7) is 27.9. The Morgan fingerprint density at radius 2 is 1.19 bits per heavy atom. The number of nitrogens with one attached hydrogen (secondary N) is 8. The third-order valence-corrected chi connectivity index (χ3v) is 15.3. The molecule has 1 saturated heterocycles. The molecular weight excluding hydrogens is 1030 g/mol. The standard InChI is InChI=1S/C58H106N10O12/c1-18-22-23-24-26-38(8)52(77)68-28-25-27-44(68)49(74)61-43(32-35(5)31-42(71)33-41(70)21-4)48(73)60-40(10)47(72)64-56(11,12)54(79)63-45(36(6)19-2)50(75)62-46(37(7)20-3)51(76)65-58(15,16)55(80)66-57(13,14)53(78)59-39(9)34-67(17)29-30-69/h35-40,42-46,69,71H,18-34H2,1-17H3,(H,59,78)(H,60,73)(H,61,74)(H,62,75)(H,63,79)(H,64,72)(H,65,76)(H,66,80)/t35-,36+,37+,38-,39-,40+,42+,43+,44-,45+,46+/m1/s1. The Bertz CT molecular complexity index is 2070. The van der Waals surface area contributed by atoms with Crippen molar-refractivity contribution in [3.05, 3.63) is 0 Å². The Kier molecular flexibility index (Phi) is 31.2. The number of likely N-dealkylation sites (tertiary alicyclic amines) is 1. The fourth-order valence-electron chi connectivity index (χ4n) is 9.48. The second-order valence-electron chi connectivity index (χ2n) is 24.4.